The van der Waals surface area contributed by atoms with Crippen LogP contribution in [-0.4, -0.2) is 20.6 Å². The summed E-state index contributed by atoms with van der Waals surface area (Å²) in [6, 6.07) is 6.47. The summed E-state index contributed by atoms with van der Waals surface area (Å²) in [4.78, 5) is 2.33. The molecule has 0 atom stereocenters. The number of hydrogen-bond donors (Lipinski definition) is 1. The molecule has 0 bridgehead atoms. The van der Waals surface area contributed by atoms with Gasteiger partial charge < -0.3 is 10.2 Å². The van der Waals surface area contributed by atoms with Crippen molar-refractivity contribution in [2.24, 2.45) is 5.41 Å². The molecule has 0 unspecified atom stereocenters. The number of rotatable bonds is 4. The van der Waals surface area contributed by atoms with Crippen molar-refractivity contribution in [1.29, 1.82) is 0 Å². The smallest absolute Gasteiger partial charge is 0.0410 e. The molecule has 0 saturated carbocycles. The van der Waals surface area contributed by atoms with Crippen molar-refractivity contribution in [3.63, 3.8) is 0 Å². The van der Waals surface area contributed by atoms with Gasteiger partial charge in [0, 0.05) is 30.3 Å². The Morgan fingerprint density at radius 2 is 1.94 bits per heavy atom. The lowest BCUT2D eigenvalue weighted by Gasteiger charge is -2.30. The summed E-state index contributed by atoms with van der Waals surface area (Å²) in [6.07, 6.45) is 0. The first-order valence-corrected chi connectivity index (χ1v) is 6.77. The van der Waals surface area contributed by atoms with Gasteiger partial charge in [0.25, 0.3) is 0 Å². The summed E-state index contributed by atoms with van der Waals surface area (Å²) in [6.45, 7) is 8.73. The zero-order valence-electron chi connectivity index (χ0n) is 11.5. The third kappa shape index (κ3) is 4.68. The molecule has 1 aromatic rings. The molecule has 0 spiro atoms. The van der Waals surface area contributed by atoms with Gasteiger partial charge in [0.2, 0.25) is 0 Å². The van der Waals surface area contributed by atoms with E-state index in [0.717, 1.165) is 17.6 Å². The van der Waals surface area contributed by atoms with Gasteiger partial charge in [-0.2, -0.15) is 0 Å². The van der Waals surface area contributed by atoms with Crippen LogP contribution in [-0.2, 0) is 6.54 Å². The van der Waals surface area contributed by atoms with Gasteiger partial charge >= 0.3 is 0 Å². The Morgan fingerprint density at radius 3 is 2.47 bits per heavy atom. The lowest BCUT2D eigenvalue weighted by Crippen LogP contribution is -2.30. The van der Waals surface area contributed by atoms with E-state index in [1.165, 1.54) is 11.3 Å². The molecule has 0 aliphatic carbocycles. The maximum absolute atomic E-state index is 3.53. The predicted octanol–water partition coefficient (Wildman–Crippen LogP) is 3.65. The number of benzene rings is 1. The van der Waals surface area contributed by atoms with Crippen molar-refractivity contribution in [3.8, 4) is 0 Å². The van der Waals surface area contributed by atoms with Crippen LogP contribution in [0.1, 0.15) is 26.3 Å². The fourth-order valence-electron chi connectivity index (χ4n) is 2.06. The molecule has 1 rings (SSSR count). The van der Waals surface area contributed by atoms with E-state index in [0.29, 0.717) is 5.41 Å². The van der Waals surface area contributed by atoms with Gasteiger partial charge in [-0.1, -0.05) is 36.7 Å². The minimum atomic E-state index is 0.304. The molecule has 0 amide bonds. The molecule has 0 heterocycles. The van der Waals surface area contributed by atoms with Gasteiger partial charge in [0.15, 0.2) is 0 Å². The first kappa shape index (κ1) is 14.5. The Kier molecular flexibility index (Phi) is 5.02. The molecule has 0 aliphatic rings. The van der Waals surface area contributed by atoms with E-state index in [1.807, 2.05) is 7.05 Å². The molecular formula is C14H23BrN2. The molecule has 3 heteroatoms. The van der Waals surface area contributed by atoms with E-state index < -0.39 is 0 Å². The fraction of sp³-hybridized carbons (Fsp3) is 0.571. The third-order valence-corrected chi connectivity index (χ3v) is 3.02. The van der Waals surface area contributed by atoms with Gasteiger partial charge in [0.1, 0.15) is 0 Å². The number of nitrogens with one attached hydrogen (secondary N) is 1. The van der Waals surface area contributed by atoms with Crippen LogP contribution < -0.4 is 10.2 Å². The number of anilines is 1. The fourth-order valence-corrected chi connectivity index (χ4v) is 2.46. The monoisotopic (exact) mass is 298 g/mol. The molecular weight excluding hydrogens is 276 g/mol. The maximum Gasteiger partial charge on any atom is 0.0410 e. The summed E-state index contributed by atoms with van der Waals surface area (Å²) in [5.41, 5.74) is 2.93. The van der Waals surface area contributed by atoms with Crippen LogP contribution in [0, 0.1) is 5.41 Å². The molecule has 1 N–H and O–H groups in total. The second-order valence-electron chi connectivity index (χ2n) is 5.72. The zero-order chi connectivity index (χ0) is 13.1. The maximum atomic E-state index is 3.53. The largest absolute Gasteiger partial charge is 0.374 e. The van der Waals surface area contributed by atoms with Crippen molar-refractivity contribution in [1.82, 2.24) is 5.32 Å². The number of halogens is 1. The van der Waals surface area contributed by atoms with Crippen LogP contribution in [0.4, 0.5) is 5.69 Å². The number of hydrogen-bond acceptors (Lipinski definition) is 2. The predicted molar refractivity (Wildman–Crippen MR) is 79.6 cm³/mol. The van der Waals surface area contributed by atoms with Gasteiger partial charge in [-0.25, -0.2) is 0 Å². The third-order valence-electron chi connectivity index (χ3n) is 2.53. The van der Waals surface area contributed by atoms with E-state index in [-0.39, 0.29) is 0 Å². The van der Waals surface area contributed by atoms with Crippen LogP contribution >= 0.6 is 15.9 Å². The van der Waals surface area contributed by atoms with E-state index in [1.54, 1.807) is 0 Å². The molecule has 17 heavy (non-hydrogen) atoms. The lowest BCUT2D eigenvalue weighted by molar-refractivity contribution is 0.418. The van der Waals surface area contributed by atoms with Crippen LogP contribution in [0.3, 0.4) is 0 Å². The number of nitrogens with zero attached hydrogens (tertiary/aromatic N) is 1. The summed E-state index contributed by atoms with van der Waals surface area (Å²) in [5.74, 6) is 0. The van der Waals surface area contributed by atoms with Gasteiger partial charge in [-0.15, -0.1) is 0 Å². The highest BCUT2D eigenvalue weighted by Crippen LogP contribution is 2.26. The van der Waals surface area contributed by atoms with Crippen molar-refractivity contribution in [2.45, 2.75) is 27.3 Å². The summed E-state index contributed by atoms with van der Waals surface area (Å²) in [7, 11) is 4.14. The van der Waals surface area contributed by atoms with Crippen LogP contribution in [0.2, 0.25) is 0 Å². The summed E-state index contributed by atoms with van der Waals surface area (Å²) in [5, 5.41) is 3.22. The Labute approximate surface area is 114 Å². The molecule has 0 fully saturated rings. The Bertz CT molecular complexity index is 369. The van der Waals surface area contributed by atoms with Crippen LogP contribution in [0.15, 0.2) is 22.7 Å². The van der Waals surface area contributed by atoms with Crippen molar-refractivity contribution in [2.75, 3.05) is 25.5 Å². The molecule has 0 radical (unpaired) electrons. The van der Waals surface area contributed by atoms with Gasteiger partial charge in [-0.05, 0) is 36.2 Å². The molecule has 0 aromatic heterocycles. The average molecular weight is 299 g/mol. The average Bonchev–Trinajstić information content (AvgIpc) is 2.15. The van der Waals surface area contributed by atoms with Crippen molar-refractivity contribution < 1.29 is 0 Å². The van der Waals surface area contributed by atoms with E-state index >= 15 is 0 Å². The highest BCUT2D eigenvalue weighted by molar-refractivity contribution is 9.10. The summed E-state index contributed by atoms with van der Waals surface area (Å²) < 4.78 is 1.13. The molecule has 2 nitrogen and oxygen atoms in total. The normalized spacial score (nSPS) is 11.6. The Hall–Kier alpha value is -0.540. The van der Waals surface area contributed by atoms with Crippen molar-refractivity contribution >= 4 is 21.6 Å². The second kappa shape index (κ2) is 5.87. The van der Waals surface area contributed by atoms with Gasteiger partial charge in [-0.3, -0.25) is 0 Å². The summed E-state index contributed by atoms with van der Waals surface area (Å²) >= 11 is 3.53. The molecule has 1 aromatic carbocycles. The minimum Gasteiger partial charge on any atom is -0.374 e. The highest BCUT2D eigenvalue weighted by Gasteiger charge is 2.15. The Morgan fingerprint density at radius 1 is 1.29 bits per heavy atom. The van der Waals surface area contributed by atoms with Crippen LogP contribution in [0.5, 0.6) is 0 Å². The first-order valence-electron chi connectivity index (χ1n) is 5.97. The Balaban J connectivity index is 2.95. The SMILES string of the molecule is CNCc1cc(Br)ccc1N(C)CC(C)(C)C. The van der Waals surface area contributed by atoms with Crippen molar-refractivity contribution in [3.05, 3.63) is 28.2 Å². The lowest BCUT2D eigenvalue weighted by atomic mass is 9.95. The topological polar surface area (TPSA) is 15.3 Å². The molecule has 0 saturated heterocycles. The second-order valence-corrected chi connectivity index (χ2v) is 6.64. The highest BCUT2D eigenvalue weighted by atomic mass is 79.9. The zero-order valence-corrected chi connectivity index (χ0v) is 13.1. The van der Waals surface area contributed by atoms with E-state index in [4.69, 9.17) is 0 Å². The molecule has 96 valence electrons. The quantitative estimate of drug-likeness (QED) is 0.913. The first-order chi connectivity index (χ1) is 7.83. The minimum absolute atomic E-state index is 0.304. The molecule has 0 aliphatic heterocycles. The van der Waals surface area contributed by atoms with E-state index in [2.05, 4.69) is 72.2 Å². The van der Waals surface area contributed by atoms with Crippen LogP contribution in [0.25, 0.3) is 0 Å². The van der Waals surface area contributed by atoms with Gasteiger partial charge in [0.05, 0.1) is 0 Å². The van der Waals surface area contributed by atoms with E-state index in [9.17, 15) is 0 Å². The standard InChI is InChI=1S/C14H23BrN2/c1-14(2,3)10-17(5)13-7-6-12(15)8-11(13)9-16-4/h6-8,16H,9-10H2,1-5H3.